The minimum Gasteiger partial charge on any atom is -1.00 e. The molecule has 0 saturated carbocycles. The predicted octanol–water partition coefficient (Wildman–Crippen LogP) is 3.34. The second-order valence-corrected chi connectivity index (χ2v) is 21.0. The second kappa shape index (κ2) is 30.3. The molecular weight excluding hydrogens is 1140 g/mol. The number of non-ortho nitro benzene ring substituents is 2. The van der Waals surface area contributed by atoms with Gasteiger partial charge in [-0.15, -0.1) is 0 Å². The summed E-state index contributed by atoms with van der Waals surface area (Å²) in [6.45, 7) is 20.7. The molecule has 0 unspecified atom stereocenters. The third-order valence-electron chi connectivity index (χ3n) is 9.43. The van der Waals surface area contributed by atoms with Crippen molar-refractivity contribution in [3.63, 3.8) is 0 Å². The number of aromatic nitrogens is 2. The molecule has 6 aromatic rings. The number of hydrogen-bond donors (Lipinski definition) is 4. The van der Waals surface area contributed by atoms with E-state index in [1.165, 1.54) is 57.7 Å². The molecule has 418 valence electrons. The number of nitro groups is 2. The van der Waals surface area contributed by atoms with Crippen LogP contribution in [-0.2, 0) is 28.6 Å². The van der Waals surface area contributed by atoms with Gasteiger partial charge in [-0.05, 0) is 146 Å². The average Bonchev–Trinajstić information content (AvgIpc) is 3.80. The van der Waals surface area contributed by atoms with Gasteiger partial charge in [0, 0.05) is 52.0 Å². The van der Waals surface area contributed by atoms with Crippen LogP contribution in [0.4, 0.5) is 41.9 Å². The summed E-state index contributed by atoms with van der Waals surface area (Å²) in [7, 11) is -1.51. The summed E-state index contributed by atoms with van der Waals surface area (Å²) in [6.07, 6.45) is -1.50. The zero-order chi connectivity index (χ0) is 59.2. The maximum atomic E-state index is 13.2. The van der Waals surface area contributed by atoms with Crippen molar-refractivity contribution in [3.8, 4) is 11.3 Å². The number of nitrogens with zero attached hydrogens (tertiary/aromatic N) is 4. The number of amides is 2. The summed E-state index contributed by atoms with van der Waals surface area (Å²) < 4.78 is 23.8. The quantitative estimate of drug-likeness (QED) is 0.0403. The minimum absolute atomic E-state index is 0. The predicted molar refractivity (Wildman–Crippen MR) is 289 cm³/mol. The summed E-state index contributed by atoms with van der Waals surface area (Å²) in [4.78, 5) is 105. The fraction of sp³-hybridized carbons (Fsp3) is 0.314. The van der Waals surface area contributed by atoms with E-state index in [0.717, 1.165) is 0 Å². The number of fused-ring (bicyclic) bond motifs is 2. The first-order valence-electron chi connectivity index (χ1n) is 23.0. The Morgan fingerprint density at radius 3 is 1.27 bits per heavy atom. The summed E-state index contributed by atoms with van der Waals surface area (Å²) in [5.74, 6) is 0. The first-order chi connectivity index (χ1) is 36.0. The molecule has 80 heavy (non-hydrogen) atoms. The number of rotatable bonds is 9. The van der Waals surface area contributed by atoms with Crippen molar-refractivity contribution < 1.29 is 143 Å². The fourth-order valence-corrected chi connectivity index (χ4v) is 7.24. The third kappa shape index (κ3) is 21.5. The van der Waals surface area contributed by atoms with Crippen LogP contribution in [0.2, 0.25) is 0 Å². The molecule has 0 spiro atoms. The molecule has 0 saturated heterocycles. The van der Waals surface area contributed by atoms with Crippen molar-refractivity contribution in [1.82, 2.24) is 9.13 Å². The molecule has 25 nitrogen and oxygen atoms in total. The van der Waals surface area contributed by atoms with Crippen molar-refractivity contribution in [2.75, 3.05) is 10.6 Å². The number of carbonyl (C=O) groups is 7. The van der Waals surface area contributed by atoms with Gasteiger partial charge in [-0.3, -0.25) is 45.2 Å². The van der Waals surface area contributed by atoms with Gasteiger partial charge < -0.3 is 40.6 Å². The Labute approximate surface area is 513 Å². The number of nitro benzene ring substituents is 2. The molecule has 0 fully saturated rings. The van der Waals surface area contributed by atoms with E-state index < -0.39 is 63.7 Å². The summed E-state index contributed by atoms with van der Waals surface area (Å²) >= 11 is 3.19. The fourth-order valence-electron chi connectivity index (χ4n) is 6.59. The molecule has 2 amide bonds. The van der Waals surface area contributed by atoms with Crippen molar-refractivity contribution in [2.24, 2.45) is 0 Å². The van der Waals surface area contributed by atoms with Crippen LogP contribution in [0.25, 0.3) is 33.1 Å². The number of halogens is 1. The van der Waals surface area contributed by atoms with Gasteiger partial charge in [0.2, 0.25) is 0 Å². The van der Waals surface area contributed by atoms with Crippen LogP contribution >= 0.6 is 15.9 Å². The molecule has 29 heteroatoms. The van der Waals surface area contributed by atoms with Crippen molar-refractivity contribution in [3.05, 3.63) is 121 Å². The maximum absolute atomic E-state index is 13.2. The Hall–Kier alpha value is -6.53. The Morgan fingerprint density at radius 2 is 0.938 bits per heavy atom. The molecule has 0 aliphatic heterocycles. The van der Waals surface area contributed by atoms with Crippen molar-refractivity contribution in [1.29, 1.82) is 0 Å². The second-order valence-electron chi connectivity index (χ2n) is 20.3. The van der Waals surface area contributed by atoms with Gasteiger partial charge >= 0.3 is 90.6 Å². The largest absolute Gasteiger partial charge is 1.00 e. The standard InChI is InChI=1S/C25H27N3O7.C14H13BrN2O5.C11H16BNO4.CH2O3.2Na.H/c1-24(2,3)34-22(30)26-16-9-7-15(8-10-16)21-19(14-29)18-13-17(28(32)33)11-12-20(18)27(21)23(31)35-25(4,5)6;1-14(2,3)22-13(19)16-11-5-4-8(17(20)21)6-9(11)10(7-18)12(16)15;1-11(2,3)17-10(14)13-9-6-4-8(5-7-9)12(15)16;2-1-4-3;;;/h7-14H,1-6H3,(H,26,30);4-7H,1-3H3;4-7,15-16H,1-3H3,(H,13,14);1,3H;;;/q;;;;2*+1;-1/p-1. The molecule has 4 N–H and O–H groups in total. The number of hydrogen-bond acceptors (Lipinski definition) is 19. The van der Waals surface area contributed by atoms with Crippen LogP contribution in [0.5, 0.6) is 0 Å². The first kappa shape index (κ1) is 71.5. The Bertz CT molecular complexity index is 3200. The minimum atomic E-state index is -1.51. The zero-order valence-corrected chi connectivity index (χ0v) is 52.0. The Kier molecular flexibility index (Phi) is 27.1. The van der Waals surface area contributed by atoms with Gasteiger partial charge in [0.1, 0.15) is 27.0 Å². The van der Waals surface area contributed by atoms with Gasteiger partial charge in [-0.25, -0.2) is 28.3 Å². The average molecular weight is 1200 g/mol. The number of aldehydes is 2. The molecule has 0 aliphatic carbocycles. The number of benzene rings is 4. The van der Waals surface area contributed by atoms with Crippen LogP contribution in [0, 0.1) is 20.2 Å². The number of nitrogens with one attached hydrogen (secondary N) is 2. The van der Waals surface area contributed by atoms with E-state index in [1.54, 1.807) is 119 Å². The molecule has 0 aliphatic rings. The SMILES string of the molecule is CC(C)(C)OC(=O)Nc1ccc(-c2c(C=O)c3cc([N+](=O)[O-])ccc3n2C(=O)OC(C)(C)C)cc1.CC(C)(C)OC(=O)Nc1ccc(B(O)O)cc1.CC(C)(C)OC(=O)n1c(Br)c(C=O)c2cc([N+](=O)[O-])ccc21.O=CO[O-].[H-].[Na+].[Na+]. The molecule has 0 bridgehead atoms. The van der Waals surface area contributed by atoms with E-state index in [1.807, 2.05) is 0 Å². The van der Waals surface area contributed by atoms with Gasteiger partial charge in [0.05, 0.1) is 32.1 Å². The molecule has 0 atom stereocenters. The van der Waals surface area contributed by atoms with E-state index in [4.69, 9.17) is 39.0 Å². The van der Waals surface area contributed by atoms with E-state index in [9.17, 15) is 49.0 Å². The summed E-state index contributed by atoms with van der Waals surface area (Å²) in [5.41, 5.74) is -0.224. The van der Waals surface area contributed by atoms with Crippen LogP contribution in [0.15, 0.2) is 89.5 Å². The van der Waals surface area contributed by atoms with Crippen molar-refractivity contribution >= 4 is 116 Å². The topological polar surface area (TPSA) is 349 Å². The summed E-state index contributed by atoms with van der Waals surface area (Å²) in [6, 6.07) is 20.4. The van der Waals surface area contributed by atoms with E-state index >= 15 is 0 Å². The van der Waals surface area contributed by atoms with Crippen LogP contribution in [-0.4, -0.2) is 102 Å². The van der Waals surface area contributed by atoms with Crippen LogP contribution in [0.1, 0.15) is 105 Å². The van der Waals surface area contributed by atoms with Gasteiger partial charge in [-0.2, -0.15) is 0 Å². The monoisotopic (exact) mass is 1190 g/mol. The Balaban J connectivity index is 0.00000120. The van der Waals surface area contributed by atoms with Gasteiger partial charge in [-0.1, -0.05) is 24.3 Å². The molecule has 6 rings (SSSR count). The summed E-state index contributed by atoms with van der Waals surface area (Å²) in [5, 5.41) is 54.1. The van der Waals surface area contributed by atoms with Crippen molar-refractivity contribution in [2.45, 2.75) is 105 Å². The zero-order valence-electron chi connectivity index (χ0n) is 47.4. The maximum Gasteiger partial charge on any atom is 1.00 e. The first-order valence-corrected chi connectivity index (χ1v) is 23.8. The normalized spacial score (nSPS) is 10.8. The van der Waals surface area contributed by atoms with E-state index in [-0.39, 0.29) is 111 Å². The van der Waals surface area contributed by atoms with Gasteiger partial charge in [0.25, 0.3) is 17.8 Å². The Morgan fingerprint density at radius 1 is 0.588 bits per heavy atom. The van der Waals surface area contributed by atoms with E-state index in [0.29, 0.717) is 45.9 Å². The molecular formula is C51H58BBrN6Na2O19. The molecule has 2 aromatic heterocycles. The number of anilines is 2. The number of ether oxygens (including phenoxy) is 4. The third-order valence-corrected chi connectivity index (χ3v) is 10.2. The molecule has 4 aromatic carbocycles. The van der Waals surface area contributed by atoms with Crippen LogP contribution in [0.3, 0.4) is 0 Å². The molecule has 2 heterocycles. The van der Waals surface area contributed by atoms with E-state index in [2.05, 4.69) is 31.5 Å². The smallest absolute Gasteiger partial charge is 1.00 e. The van der Waals surface area contributed by atoms with Crippen LogP contribution < -0.4 is 80.5 Å². The molecule has 0 radical (unpaired) electrons. The van der Waals surface area contributed by atoms with Gasteiger partial charge in [0.15, 0.2) is 12.6 Å². The number of carbonyl (C=O) groups excluding carboxylic acids is 7.